The van der Waals surface area contributed by atoms with E-state index in [1.54, 1.807) is 6.92 Å². The van der Waals surface area contributed by atoms with E-state index in [2.05, 4.69) is 22.8 Å². The van der Waals surface area contributed by atoms with Crippen LogP contribution < -0.4 is 10.6 Å². The average molecular weight is 438 g/mol. The second-order valence-electron chi connectivity index (χ2n) is 8.11. The lowest BCUT2D eigenvalue weighted by Gasteiger charge is -2.28. The summed E-state index contributed by atoms with van der Waals surface area (Å²) in [5.41, 5.74) is 3.06. The number of carbonyl (C=O) groups excluding carboxylic acids is 2. The molecule has 2 aromatic rings. The first-order chi connectivity index (χ1) is 15.4. The molecule has 1 heterocycles. The first-order valence-electron chi connectivity index (χ1n) is 10.7. The summed E-state index contributed by atoms with van der Waals surface area (Å²) in [6, 6.07) is 15.0. The number of fused-ring (bicyclic) bond motifs is 3. The number of alkyl carbamates (subject to hydrolysis) is 1. The molecular formula is C24H26N2O6. The predicted octanol–water partition coefficient (Wildman–Crippen LogP) is 2.66. The Hall–Kier alpha value is -3.39. The summed E-state index contributed by atoms with van der Waals surface area (Å²) in [6.45, 7) is 2.01. The molecule has 1 fully saturated rings. The van der Waals surface area contributed by atoms with Gasteiger partial charge in [0.05, 0.1) is 6.61 Å². The second kappa shape index (κ2) is 9.00. The monoisotopic (exact) mass is 438 g/mol. The minimum absolute atomic E-state index is 0.0426. The summed E-state index contributed by atoms with van der Waals surface area (Å²) >= 11 is 0. The predicted molar refractivity (Wildman–Crippen MR) is 116 cm³/mol. The summed E-state index contributed by atoms with van der Waals surface area (Å²) in [4.78, 5) is 36.8. The van der Waals surface area contributed by atoms with Gasteiger partial charge in [-0.25, -0.2) is 9.59 Å². The summed E-state index contributed by atoms with van der Waals surface area (Å²) in [6.07, 6.45) is -0.280. The number of hydrogen-bond donors (Lipinski definition) is 3. The summed E-state index contributed by atoms with van der Waals surface area (Å²) in [7, 11) is 0. The number of hydrogen-bond acceptors (Lipinski definition) is 5. The smallest absolute Gasteiger partial charge is 0.408 e. The number of carbonyl (C=O) groups is 3. The van der Waals surface area contributed by atoms with Gasteiger partial charge < -0.3 is 25.2 Å². The van der Waals surface area contributed by atoms with Crippen molar-refractivity contribution < 1.29 is 29.0 Å². The molecule has 0 saturated carbocycles. The molecule has 0 radical (unpaired) electrons. The standard InChI is InChI=1S/C24H26N2O6/c1-2-20(21(27)28)25-22(29)24(11-12-31-14-24)26-23(30)32-13-19-17-9-5-3-7-15(17)16-8-4-6-10-18(16)19/h3-10,19-20H,2,11-14H2,1H3,(H,25,29)(H,26,30)(H,27,28)/t20-,24?/m0/s1. The highest BCUT2D eigenvalue weighted by Crippen LogP contribution is 2.44. The molecule has 1 aliphatic heterocycles. The average Bonchev–Trinajstić information content (AvgIpc) is 3.39. The molecule has 2 aliphatic rings. The Bertz CT molecular complexity index is 985. The van der Waals surface area contributed by atoms with Crippen molar-refractivity contribution in [2.45, 2.75) is 37.3 Å². The molecule has 1 saturated heterocycles. The summed E-state index contributed by atoms with van der Waals surface area (Å²) < 4.78 is 10.9. The topological polar surface area (TPSA) is 114 Å². The molecule has 2 amide bonds. The second-order valence-corrected chi connectivity index (χ2v) is 8.11. The van der Waals surface area contributed by atoms with Gasteiger partial charge in [0.1, 0.15) is 18.2 Å². The fourth-order valence-electron chi connectivity index (χ4n) is 4.36. The minimum Gasteiger partial charge on any atom is -0.480 e. The Kier molecular flexibility index (Phi) is 6.14. The van der Waals surface area contributed by atoms with Crippen LogP contribution >= 0.6 is 0 Å². The van der Waals surface area contributed by atoms with Crippen molar-refractivity contribution in [1.29, 1.82) is 0 Å². The lowest BCUT2D eigenvalue weighted by Crippen LogP contribution is -2.61. The Balaban J connectivity index is 1.45. The highest BCUT2D eigenvalue weighted by molar-refractivity contribution is 5.93. The highest BCUT2D eigenvalue weighted by Gasteiger charge is 2.45. The zero-order valence-electron chi connectivity index (χ0n) is 17.8. The van der Waals surface area contributed by atoms with E-state index in [4.69, 9.17) is 9.47 Å². The van der Waals surface area contributed by atoms with Gasteiger partial charge in [-0.2, -0.15) is 0 Å². The van der Waals surface area contributed by atoms with Gasteiger partial charge in [-0.15, -0.1) is 0 Å². The normalized spacial score (nSPS) is 20.2. The molecule has 0 spiro atoms. The van der Waals surface area contributed by atoms with Gasteiger partial charge >= 0.3 is 12.1 Å². The van der Waals surface area contributed by atoms with Crippen molar-refractivity contribution >= 4 is 18.0 Å². The van der Waals surface area contributed by atoms with Gasteiger partial charge in [0.25, 0.3) is 0 Å². The van der Waals surface area contributed by atoms with Crippen LogP contribution in [0, 0.1) is 0 Å². The van der Waals surface area contributed by atoms with Crippen LogP contribution in [0.1, 0.15) is 36.8 Å². The van der Waals surface area contributed by atoms with E-state index in [1.165, 1.54) is 0 Å². The maximum atomic E-state index is 12.8. The summed E-state index contributed by atoms with van der Waals surface area (Å²) in [5, 5.41) is 14.4. The third kappa shape index (κ3) is 4.05. The molecule has 3 N–H and O–H groups in total. The molecular weight excluding hydrogens is 412 g/mol. The molecule has 8 nitrogen and oxygen atoms in total. The van der Waals surface area contributed by atoms with Crippen molar-refractivity contribution in [2.24, 2.45) is 0 Å². The zero-order valence-corrected chi connectivity index (χ0v) is 17.8. The maximum absolute atomic E-state index is 12.8. The van der Waals surface area contributed by atoms with Crippen LogP contribution in [0.5, 0.6) is 0 Å². The van der Waals surface area contributed by atoms with Gasteiger partial charge in [-0.1, -0.05) is 55.5 Å². The first-order valence-corrected chi connectivity index (χ1v) is 10.7. The van der Waals surface area contributed by atoms with Gasteiger partial charge in [-0.05, 0) is 28.7 Å². The maximum Gasteiger partial charge on any atom is 0.408 e. The van der Waals surface area contributed by atoms with E-state index in [9.17, 15) is 19.5 Å². The minimum atomic E-state index is -1.36. The van der Waals surface area contributed by atoms with Crippen LogP contribution in [-0.2, 0) is 19.1 Å². The van der Waals surface area contributed by atoms with Crippen molar-refractivity contribution in [3.63, 3.8) is 0 Å². The van der Waals surface area contributed by atoms with Crippen LogP contribution in [0.2, 0.25) is 0 Å². The van der Waals surface area contributed by atoms with Crippen LogP contribution in [-0.4, -0.2) is 54.5 Å². The largest absolute Gasteiger partial charge is 0.480 e. The molecule has 0 aromatic heterocycles. The quantitative estimate of drug-likeness (QED) is 0.612. The van der Waals surface area contributed by atoms with Gasteiger partial charge in [-0.3, -0.25) is 4.79 Å². The van der Waals surface area contributed by atoms with Gasteiger partial charge in [0.15, 0.2) is 0 Å². The van der Waals surface area contributed by atoms with Crippen LogP contribution in [0.25, 0.3) is 11.1 Å². The number of aliphatic carboxylic acids is 1. The SMILES string of the molecule is CC[C@H](NC(=O)C1(NC(=O)OCC2c3ccccc3-c3ccccc32)CCOC1)C(=O)O. The lowest BCUT2D eigenvalue weighted by molar-refractivity contribution is -0.143. The molecule has 1 aliphatic carbocycles. The Labute approximate surface area is 185 Å². The van der Waals surface area contributed by atoms with Gasteiger partial charge in [0.2, 0.25) is 5.91 Å². The number of ether oxygens (including phenoxy) is 2. The number of rotatable bonds is 7. The summed E-state index contributed by atoms with van der Waals surface area (Å²) in [5.74, 6) is -1.82. The van der Waals surface area contributed by atoms with E-state index < -0.39 is 29.6 Å². The molecule has 4 rings (SSSR count). The molecule has 2 aromatic carbocycles. The molecule has 2 atom stereocenters. The molecule has 1 unspecified atom stereocenters. The zero-order chi connectivity index (χ0) is 22.7. The third-order valence-electron chi connectivity index (χ3n) is 6.15. The van der Waals surface area contributed by atoms with Crippen LogP contribution in [0.4, 0.5) is 4.79 Å². The van der Waals surface area contributed by atoms with E-state index >= 15 is 0 Å². The van der Waals surface area contributed by atoms with Crippen molar-refractivity contribution in [2.75, 3.05) is 19.8 Å². The fraction of sp³-hybridized carbons (Fsp3) is 0.375. The number of benzene rings is 2. The molecule has 32 heavy (non-hydrogen) atoms. The number of carboxylic acid groups (broad SMARTS) is 1. The van der Waals surface area contributed by atoms with Crippen molar-refractivity contribution in [3.8, 4) is 11.1 Å². The molecule has 0 bridgehead atoms. The first kappa shape index (κ1) is 21.8. The van der Waals surface area contributed by atoms with Crippen LogP contribution in [0.3, 0.4) is 0 Å². The van der Waals surface area contributed by atoms with Crippen LogP contribution in [0.15, 0.2) is 48.5 Å². The van der Waals surface area contributed by atoms with E-state index in [-0.39, 0.29) is 38.6 Å². The number of carboxylic acids is 1. The Morgan fingerprint density at radius 1 is 1.12 bits per heavy atom. The molecule has 8 heteroatoms. The highest BCUT2D eigenvalue weighted by atomic mass is 16.6. The number of nitrogens with one attached hydrogen (secondary N) is 2. The van der Waals surface area contributed by atoms with Gasteiger partial charge in [0, 0.05) is 18.9 Å². The Morgan fingerprint density at radius 2 is 1.75 bits per heavy atom. The van der Waals surface area contributed by atoms with E-state index in [0.29, 0.717) is 0 Å². The fourth-order valence-corrected chi connectivity index (χ4v) is 4.36. The van der Waals surface area contributed by atoms with E-state index in [1.807, 2.05) is 36.4 Å². The van der Waals surface area contributed by atoms with Crippen molar-refractivity contribution in [3.05, 3.63) is 59.7 Å². The molecule has 168 valence electrons. The third-order valence-corrected chi connectivity index (χ3v) is 6.15. The van der Waals surface area contributed by atoms with E-state index in [0.717, 1.165) is 22.3 Å². The Morgan fingerprint density at radius 3 is 2.28 bits per heavy atom. The lowest BCUT2D eigenvalue weighted by atomic mass is 9.97. The number of amides is 2. The van der Waals surface area contributed by atoms with Crippen molar-refractivity contribution in [1.82, 2.24) is 10.6 Å².